The topological polar surface area (TPSA) is 31.9 Å². The van der Waals surface area contributed by atoms with E-state index in [2.05, 4.69) is 9.97 Å². The van der Waals surface area contributed by atoms with E-state index in [-0.39, 0.29) is 6.42 Å². The van der Waals surface area contributed by atoms with Crippen molar-refractivity contribution in [3.05, 3.63) is 29.0 Å². The van der Waals surface area contributed by atoms with Gasteiger partial charge in [0.25, 0.3) is 5.92 Å². The Morgan fingerprint density at radius 3 is 2.95 bits per heavy atom. The molecule has 1 aliphatic carbocycles. The number of aromatic nitrogens is 2. The Balaban J connectivity index is 1.58. The van der Waals surface area contributed by atoms with Crippen LogP contribution < -0.4 is 0 Å². The van der Waals surface area contributed by atoms with Crippen molar-refractivity contribution in [1.82, 2.24) is 14.9 Å². The summed E-state index contributed by atoms with van der Waals surface area (Å²) in [4.78, 5) is 9.67. The number of imidazole rings is 1. The van der Waals surface area contributed by atoms with Crippen LogP contribution in [0.2, 0.25) is 5.02 Å². The molecule has 1 aromatic heterocycles. The van der Waals surface area contributed by atoms with E-state index >= 15 is 0 Å². The van der Waals surface area contributed by atoms with Crippen LogP contribution in [0.3, 0.4) is 0 Å². The molecule has 1 heterocycles. The number of alkyl halides is 2. The number of nitrogens with zero attached hydrogens (tertiary/aromatic N) is 2. The quantitative estimate of drug-likeness (QED) is 0.913. The molecule has 3 rings (SSSR count). The molecule has 0 aliphatic heterocycles. The minimum Gasteiger partial charge on any atom is -0.341 e. The number of hydrogen-bond donors (Lipinski definition) is 1. The van der Waals surface area contributed by atoms with Crippen LogP contribution in [0.4, 0.5) is 8.78 Å². The maximum absolute atomic E-state index is 12.8. The zero-order valence-corrected chi connectivity index (χ0v) is 11.9. The largest absolute Gasteiger partial charge is 0.341 e. The molecule has 0 spiro atoms. The van der Waals surface area contributed by atoms with Crippen molar-refractivity contribution in [2.45, 2.75) is 25.3 Å². The highest BCUT2D eigenvalue weighted by atomic mass is 35.5. The molecule has 1 saturated carbocycles. The summed E-state index contributed by atoms with van der Waals surface area (Å²) in [7, 11) is 1.92. The van der Waals surface area contributed by atoms with Crippen LogP contribution in [0.1, 0.15) is 18.7 Å². The number of aromatic amines is 1. The fourth-order valence-corrected chi connectivity index (χ4v) is 2.58. The van der Waals surface area contributed by atoms with Crippen molar-refractivity contribution in [2.24, 2.45) is 5.92 Å². The number of halogens is 3. The third-order valence-electron chi connectivity index (χ3n) is 3.73. The van der Waals surface area contributed by atoms with Crippen LogP contribution >= 0.6 is 11.6 Å². The highest BCUT2D eigenvalue weighted by molar-refractivity contribution is 6.31. The lowest BCUT2D eigenvalue weighted by atomic mass is 10.3. The summed E-state index contributed by atoms with van der Waals surface area (Å²) >= 11 is 5.92. The molecule has 1 fully saturated rings. The van der Waals surface area contributed by atoms with Crippen molar-refractivity contribution in [3.8, 4) is 0 Å². The fourth-order valence-electron chi connectivity index (χ4n) is 2.40. The van der Waals surface area contributed by atoms with Crippen LogP contribution in [0.15, 0.2) is 18.2 Å². The summed E-state index contributed by atoms with van der Waals surface area (Å²) < 4.78 is 25.6. The summed E-state index contributed by atoms with van der Waals surface area (Å²) in [6.07, 6.45) is 0.583. The maximum atomic E-state index is 12.8. The highest BCUT2D eigenvalue weighted by Crippen LogP contribution is 2.50. The number of hydrogen-bond acceptors (Lipinski definition) is 2. The van der Waals surface area contributed by atoms with Crippen LogP contribution in [0, 0.1) is 5.92 Å². The zero-order chi connectivity index (χ0) is 14.3. The summed E-state index contributed by atoms with van der Waals surface area (Å²) in [5, 5.41) is 0.664. The Kier molecular flexibility index (Phi) is 3.42. The highest BCUT2D eigenvalue weighted by Gasteiger charge is 2.55. The Hall–Kier alpha value is -1.20. The fraction of sp³-hybridized carbons (Fsp3) is 0.500. The minimum atomic E-state index is -2.42. The molecule has 0 radical (unpaired) electrons. The Morgan fingerprint density at radius 1 is 1.50 bits per heavy atom. The molecule has 1 aliphatic rings. The van der Waals surface area contributed by atoms with Gasteiger partial charge in [-0.05, 0) is 38.2 Å². The maximum Gasteiger partial charge on any atom is 0.251 e. The van der Waals surface area contributed by atoms with E-state index in [9.17, 15) is 8.78 Å². The summed E-state index contributed by atoms with van der Waals surface area (Å²) in [5.74, 6) is -2.02. The van der Waals surface area contributed by atoms with E-state index in [1.165, 1.54) is 0 Å². The molecular formula is C14H16ClF2N3. The molecule has 1 aromatic carbocycles. The van der Waals surface area contributed by atoms with Gasteiger partial charge < -0.3 is 4.98 Å². The normalized spacial score (nSPS) is 20.8. The van der Waals surface area contributed by atoms with Gasteiger partial charge in [0.1, 0.15) is 5.82 Å². The average Bonchev–Trinajstić information content (AvgIpc) is 2.79. The van der Waals surface area contributed by atoms with E-state index in [0.29, 0.717) is 24.5 Å². The van der Waals surface area contributed by atoms with Gasteiger partial charge in [0.15, 0.2) is 0 Å². The third-order valence-corrected chi connectivity index (χ3v) is 3.96. The van der Waals surface area contributed by atoms with E-state index in [1.807, 2.05) is 24.1 Å². The Labute approximate surface area is 120 Å². The first-order valence-electron chi connectivity index (χ1n) is 6.64. The second-order valence-corrected chi connectivity index (χ2v) is 5.97. The third kappa shape index (κ3) is 2.94. The molecule has 1 atom stereocenters. The van der Waals surface area contributed by atoms with Gasteiger partial charge in [0.2, 0.25) is 0 Å². The van der Waals surface area contributed by atoms with E-state index < -0.39 is 11.8 Å². The van der Waals surface area contributed by atoms with Crippen molar-refractivity contribution in [2.75, 3.05) is 13.6 Å². The molecule has 3 nitrogen and oxygen atoms in total. The van der Waals surface area contributed by atoms with Crippen LogP contribution in [-0.2, 0) is 6.54 Å². The molecule has 20 heavy (non-hydrogen) atoms. The Morgan fingerprint density at radius 2 is 2.25 bits per heavy atom. The number of fused-ring (bicyclic) bond motifs is 1. The standard InChI is InChI=1S/C14H16ClF2N3/c1-20(5-4-9-7-14(9,16)17)8-13-18-11-3-2-10(15)6-12(11)19-13/h2-3,6,9H,4-5,7-8H2,1H3,(H,18,19)/t9-/m0/s1. The van der Waals surface area contributed by atoms with Gasteiger partial charge in [-0.25, -0.2) is 13.8 Å². The lowest BCUT2D eigenvalue weighted by Gasteiger charge is -2.14. The van der Waals surface area contributed by atoms with Gasteiger partial charge in [0, 0.05) is 17.4 Å². The zero-order valence-electron chi connectivity index (χ0n) is 11.2. The van der Waals surface area contributed by atoms with E-state index in [4.69, 9.17) is 11.6 Å². The van der Waals surface area contributed by atoms with E-state index in [0.717, 1.165) is 16.9 Å². The molecule has 6 heteroatoms. The van der Waals surface area contributed by atoms with Crippen LogP contribution in [0.25, 0.3) is 11.0 Å². The van der Waals surface area contributed by atoms with Crippen molar-refractivity contribution in [3.63, 3.8) is 0 Å². The smallest absolute Gasteiger partial charge is 0.251 e. The molecule has 2 aromatic rings. The van der Waals surface area contributed by atoms with Gasteiger partial charge in [-0.2, -0.15) is 0 Å². The number of nitrogens with one attached hydrogen (secondary N) is 1. The number of H-pyrrole nitrogens is 1. The summed E-state index contributed by atoms with van der Waals surface area (Å²) in [6.45, 7) is 1.27. The average molecular weight is 300 g/mol. The second kappa shape index (κ2) is 4.97. The molecule has 0 saturated heterocycles. The van der Waals surface area contributed by atoms with Gasteiger partial charge in [0.05, 0.1) is 17.6 Å². The predicted molar refractivity (Wildman–Crippen MR) is 75.1 cm³/mol. The summed E-state index contributed by atoms with van der Waals surface area (Å²) in [6, 6.07) is 5.49. The lowest BCUT2D eigenvalue weighted by Crippen LogP contribution is -2.20. The van der Waals surface area contributed by atoms with Crippen molar-refractivity contribution in [1.29, 1.82) is 0 Å². The van der Waals surface area contributed by atoms with Crippen molar-refractivity contribution >= 4 is 22.6 Å². The van der Waals surface area contributed by atoms with Crippen LogP contribution in [-0.4, -0.2) is 34.4 Å². The van der Waals surface area contributed by atoms with Gasteiger partial charge >= 0.3 is 0 Å². The SMILES string of the molecule is CN(CC[C@H]1CC1(F)F)Cc1nc2ccc(Cl)cc2[nH]1. The number of rotatable bonds is 5. The second-order valence-electron chi connectivity index (χ2n) is 5.53. The molecule has 108 valence electrons. The molecule has 0 bridgehead atoms. The Bertz CT molecular complexity index is 626. The van der Waals surface area contributed by atoms with Crippen molar-refractivity contribution < 1.29 is 8.78 Å². The first kappa shape index (κ1) is 13.8. The molecule has 0 amide bonds. The first-order chi connectivity index (χ1) is 9.44. The minimum absolute atomic E-state index is 0.0456. The van der Waals surface area contributed by atoms with Gasteiger partial charge in [-0.15, -0.1) is 0 Å². The first-order valence-corrected chi connectivity index (χ1v) is 7.02. The monoisotopic (exact) mass is 299 g/mol. The summed E-state index contributed by atoms with van der Waals surface area (Å²) in [5.41, 5.74) is 1.76. The predicted octanol–water partition coefficient (Wildman–Crippen LogP) is 3.69. The van der Waals surface area contributed by atoms with Gasteiger partial charge in [-0.1, -0.05) is 11.6 Å². The van der Waals surface area contributed by atoms with E-state index in [1.54, 1.807) is 6.07 Å². The molecule has 0 unspecified atom stereocenters. The lowest BCUT2D eigenvalue weighted by molar-refractivity contribution is 0.0943. The number of benzene rings is 1. The molecule has 1 N–H and O–H groups in total. The van der Waals surface area contributed by atoms with Gasteiger partial charge in [-0.3, -0.25) is 4.90 Å². The van der Waals surface area contributed by atoms with Crippen LogP contribution in [0.5, 0.6) is 0 Å². The molecular weight excluding hydrogens is 284 g/mol.